The summed E-state index contributed by atoms with van der Waals surface area (Å²) in [4.78, 5) is 20.8. The highest BCUT2D eigenvalue weighted by Crippen LogP contribution is 2.33. The molecule has 9 nitrogen and oxygen atoms in total. The Morgan fingerprint density at radius 1 is 1.19 bits per heavy atom. The number of thiazole rings is 1. The van der Waals surface area contributed by atoms with Crippen LogP contribution in [0.5, 0.6) is 0 Å². The van der Waals surface area contributed by atoms with Crippen LogP contribution in [-0.4, -0.2) is 80.7 Å². The molecular formula is C24H30ClFN6O3S2. The summed E-state index contributed by atoms with van der Waals surface area (Å²) in [5.41, 5.74) is 1.84. The monoisotopic (exact) mass is 568 g/mol. The minimum absolute atomic E-state index is 0.127. The molecule has 200 valence electrons. The zero-order valence-electron chi connectivity index (χ0n) is 20.7. The summed E-state index contributed by atoms with van der Waals surface area (Å²) in [5.74, 6) is -0.290. The van der Waals surface area contributed by atoms with Crippen LogP contribution in [-0.2, 0) is 10.0 Å². The van der Waals surface area contributed by atoms with Gasteiger partial charge in [-0.25, -0.2) is 22.6 Å². The van der Waals surface area contributed by atoms with Crippen LogP contribution in [0.15, 0.2) is 36.4 Å². The lowest BCUT2D eigenvalue weighted by molar-refractivity contribution is 0.186. The highest BCUT2D eigenvalue weighted by Gasteiger charge is 2.25. The van der Waals surface area contributed by atoms with Crippen LogP contribution >= 0.6 is 22.9 Å². The van der Waals surface area contributed by atoms with Crippen LogP contribution in [0.2, 0.25) is 5.02 Å². The first-order chi connectivity index (χ1) is 17.7. The molecule has 1 aromatic heterocycles. The summed E-state index contributed by atoms with van der Waals surface area (Å²) in [6, 6.07) is 9.80. The number of anilines is 3. The Balaban J connectivity index is 1.25. The zero-order valence-corrected chi connectivity index (χ0v) is 23.1. The number of rotatable bonds is 9. The van der Waals surface area contributed by atoms with Crippen molar-refractivity contribution in [1.29, 1.82) is 0 Å². The maximum Gasteiger partial charge on any atom is 0.321 e. The van der Waals surface area contributed by atoms with Crippen molar-refractivity contribution >= 4 is 65.7 Å². The van der Waals surface area contributed by atoms with Gasteiger partial charge in [-0.1, -0.05) is 22.9 Å². The number of halogens is 2. The summed E-state index contributed by atoms with van der Waals surface area (Å²) in [6.07, 6.45) is 0.755. The number of hydrogen-bond donors (Lipinski definition) is 2. The summed E-state index contributed by atoms with van der Waals surface area (Å²) in [5, 5.41) is 6.42. The van der Waals surface area contributed by atoms with Crippen LogP contribution in [0.25, 0.3) is 10.2 Å². The SMILES string of the molecule is CCS(=O)(=O)N1CCN(CCCNC(=O)Nc2nc3cc(N(C)c4ccc(Cl)cc4F)ccc3s2)CC1. The molecule has 0 atom stereocenters. The molecule has 2 heterocycles. The molecule has 0 spiro atoms. The molecule has 0 bridgehead atoms. The lowest BCUT2D eigenvalue weighted by Crippen LogP contribution is -2.49. The number of carbonyl (C=O) groups is 1. The van der Waals surface area contributed by atoms with Crippen molar-refractivity contribution < 1.29 is 17.6 Å². The third-order valence-corrected chi connectivity index (χ3v) is 9.34. The number of sulfonamides is 1. The number of aromatic nitrogens is 1. The molecule has 37 heavy (non-hydrogen) atoms. The van der Waals surface area contributed by atoms with Crippen LogP contribution < -0.4 is 15.5 Å². The van der Waals surface area contributed by atoms with Crippen LogP contribution in [0.4, 0.5) is 25.7 Å². The van der Waals surface area contributed by atoms with E-state index < -0.39 is 15.8 Å². The fourth-order valence-corrected chi connectivity index (χ4v) is 6.21. The summed E-state index contributed by atoms with van der Waals surface area (Å²) in [7, 11) is -1.37. The first-order valence-electron chi connectivity index (χ1n) is 12.0. The van der Waals surface area contributed by atoms with Gasteiger partial charge >= 0.3 is 6.03 Å². The van der Waals surface area contributed by atoms with E-state index in [1.807, 2.05) is 18.2 Å². The normalized spacial score (nSPS) is 15.1. The number of carbonyl (C=O) groups excluding carboxylic acids is 1. The Morgan fingerprint density at radius 3 is 2.65 bits per heavy atom. The molecule has 4 rings (SSSR count). The Hall–Kier alpha value is -2.51. The largest absolute Gasteiger partial charge is 0.342 e. The van der Waals surface area contributed by atoms with Crippen LogP contribution in [0, 0.1) is 5.82 Å². The molecule has 0 saturated carbocycles. The van der Waals surface area contributed by atoms with E-state index in [4.69, 9.17) is 11.6 Å². The van der Waals surface area contributed by atoms with Gasteiger partial charge in [-0.15, -0.1) is 0 Å². The third kappa shape index (κ3) is 6.88. The Bertz CT molecular complexity index is 1360. The van der Waals surface area contributed by atoms with Crippen molar-refractivity contribution in [3.63, 3.8) is 0 Å². The molecule has 3 aromatic rings. The maximum atomic E-state index is 14.3. The first kappa shape index (κ1) is 27.5. The van der Waals surface area contributed by atoms with E-state index in [0.717, 1.165) is 23.4 Å². The molecule has 0 aliphatic carbocycles. The predicted molar refractivity (Wildman–Crippen MR) is 148 cm³/mol. The Labute approximate surface area is 225 Å². The van der Waals surface area contributed by atoms with E-state index >= 15 is 0 Å². The number of urea groups is 1. The predicted octanol–water partition coefficient (Wildman–Crippen LogP) is 4.34. The maximum absolute atomic E-state index is 14.3. The number of nitrogens with one attached hydrogen (secondary N) is 2. The zero-order chi connectivity index (χ0) is 26.6. The van der Waals surface area contributed by atoms with Crippen molar-refractivity contribution in [3.05, 3.63) is 47.2 Å². The molecule has 0 radical (unpaired) electrons. The van der Waals surface area contributed by atoms with Gasteiger partial charge in [0, 0.05) is 50.5 Å². The van der Waals surface area contributed by atoms with Gasteiger partial charge in [0.2, 0.25) is 10.0 Å². The summed E-state index contributed by atoms with van der Waals surface area (Å²) in [6.45, 7) is 5.34. The second-order valence-corrected chi connectivity index (χ2v) is 12.4. The number of hydrogen-bond acceptors (Lipinski definition) is 7. The number of benzene rings is 2. The van der Waals surface area contributed by atoms with Crippen molar-refractivity contribution in [2.24, 2.45) is 0 Å². The molecule has 13 heteroatoms. The molecule has 1 saturated heterocycles. The van der Waals surface area contributed by atoms with Crippen molar-refractivity contribution in [1.82, 2.24) is 19.5 Å². The molecule has 2 amide bonds. The van der Waals surface area contributed by atoms with E-state index in [0.29, 0.717) is 54.1 Å². The molecule has 0 unspecified atom stereocenters. The summed E-state index contributed by atoms with van der Waals surface area (Å²) < 4.78 is 40.7. The van der Waals surface area contributed by atoms with Gasteiger partial charge in [0.25, 0.3) is 0 Å². The van der Waals surface area contributed by atoms with Gasteiger partial charge in [0.05, 0.1) is 21.7 Å². The standard InChI is InChI=1S/C24H30ClFN6O3S2/c1-3-37(34,35)32-13-11-31(12-14-32)10-4-9-27-23(33)29-24-28-20-16-18(6-8-22(20)36-24)30(2)21-7-5-17(25)15-19(21)26/h5-8,15-16H,3-4,9-14H2,1-2H3,(H2,27,28,29,33). The molecule has 1 fully saturated rings. The van der Waals surface area contributed by atoms with E-state index in [1.54, 1.807) is 35.3 Å². The lowest BCUT2D eigenvalue weighted by Gasteiger charge is -2.33. The van der Waals surface area contributed by atoms with Gasteiger partial charge in [-0.2, -0.15) is 4.31 Å². The van der Waals surface area contributed by atoms with E-state index in [1.165, 1.54) is 17.4 Å². The number of fused-ring (bicyclic) bond motifs is 1. The quantitative estimate of drug-likeness (QED) is 0.373. The van der Waals surface area contributed by atoms with Gasteiger partial charge in [0.15, 0.2) is 5.13 Å². The third-order valence-electron chi connectivity index (χ3n) is 6.28. The lowest BCUT2D eigenvalue weighted by atomic mass is 10.2. The van der Waals surface area contributed by atoms with Gasteiger partial charge in [-0.05, 0) is 56.3 Å². The average molecular weight is 569 g/mol. The van der Waals surface area contributed by atoms with Crippen LogP contribution in [0.3, 0.4) is 0 Å². The van der Waals surface area contributed by atoms with E-state index in [-0.39, 0.29) is 11.8 Å². The van der Waals surface area contributed by atoms with Crippen molar-refractivity contribution in [3.8, 4) is 0 Å². The Kier molecular flexibility index (Phi) is 8.86. The van der Waals surface area contributed by atoms with Crippen molar-refractivity contribution in [2.75, 3.05) is 62.3 Å². The van der Waals surface area contributed by atoms with Crippen LogP contribution in [0.1, 0.15) is 13.3 Å². The average Bonchev–Trinajstić information content (AvgIpc) is 3.28. The molecule has 2 N–H and O–H groups in total. The van der Waals surface area contributed by atoms with Gasteiger partial charge < -0.3 is 15.1 Å². The summed E-state index contributed by atoms with van der Waals surface area (Å²) >= 11 is 7.22. The highest BCUT2D eigenvalue weighted by molar-refractivity contribution is 7.89. The first-order valence-corrected chi connectivity index (χ1v) is 14.8. The smallest absolute Gasteiger partial charge is 0.321 e. The fraction of sp³-hybridized carbons (Fsp3) is 0.417. The topological polar surface area (TPSA) is 97.9 Å². The van der Waals surface area contributed by atoms with E-state index in [9.17, 15) is 17.6 Å². The Morgan fingerprint density at radius 2 is 1.95 bits per heavy atom. The number of nitrogens with zero attached hydrogens (tertiary/aromatic N) is 4. The number of amides is 2. The minimum atomic E-state index is -3.13. The van der Waals surface area contributed by atoms with E-state index in [2.05, 4.69) is 20.5 Å². The number of piperazine rings is 1. The highest BCUT2D eigenvalue weighted by atomic mass is 35.5. The second kappa shape index (κ2) is 11.9. The molecular weight excluding hydrogens is 539 g/mol. The molecule has 2 aromatic carbocycles. The molecule has 1 aliphatic heterocycles. The van der Waals surface area contributed by atoms with Gasteiger partial charge in [0.1, 0.15) is 5.82 Å². The minimum Gasteiger partial charge on any atom is -0.342 e. The van der Waals surface area contributed by atoms with Crippen molar-refractivity contribution in [2.45, 2.75) is 13.3 Å². The molecule has 1 aliphatic rings. The second-order valence-electron chi connectivity index (χ2n) is 8.70. The fourth-order valence-electron chi connectivity index (χ4n) is 4.13. The van der Waals surface area contributed by atoms with Gasteiger partial charge in [-0.3, -0.25) is 5.32 Å².